The number of carbonyl (C=O) groups excluding carboxylic acids is 1. The standard InChI is InChI=1S/C21H24N2O3S/c1-15-8-10-17(11-9-15)27(25,26)23-14-18-19(24)12-13-22(2)21(18)20(23)16-6-4-3-5-7-16/h3-11,18,20-21H,12-14H2,1-2H3/t18-,20-,21+/m0/s1. The number of hydrogen-bond donors (Lipinski definition) is 0. The molecule has 5 nitrogen and oxygen atoms in total. The summed E-state index contributed by atoms with van der Waals surface area (Å²) >= 11 is 0. The van der Waals surface area contributed by atoms with E-state index in [9.17, 15) is 13.2 Å². The lowest BCUT2D eigenvalue weighted by Crippen LogP contribution is -2.48. The maximum absolute atomic E-state index is 13.5. The van der Waals surface area contributed by atoms with Crippen LogP contribution < -0.4 is 0 Å². The summed E-state index contributed by atoms with van der Waals surface area (Å²) in [6.45, 7) is 2.84. The van der Waals surface area contributed by atoms with E-state index >= 15 is 0 Å². The minimum absolute atomic E-state index is 0.131. The predicted octanol–water partition coefficient (Wildman–Crippen LogP) is 2.63. The average Bonchev–Trinajstić information content (AvgIpc) is 3.09. The van der Waals surface area contributed by atoms with Gasteiger partial charge in [-0.15, -0.1) is 0 Å². The summed E-state index contributed by atoms with van der Waals surface area (Å²) in [5, 5.41) is 0. The number of sulfonamides is 1. The molecule has 2 fully saturated rings. The molecule has 0 radical (unpaired) electrons. The van der Waals surface area contributed by atoms with Gasteiger partial charge in [-0.1, -0.05) is 48.0 Å². The lowest BCUT2D eigenvalue weighted by molar-refractivity contribution is -0.127. The number of nitrogens with zero attached hydrogens (tertiary/aromatic N) is 2. The van der Waals surface area contributed by atoms with Crippen LogP contribution in [-0.2, 0) is 14.8 Å². The highest BCUT2D eigenvalue weighted by molar-refractivity contribution is 7.89. The minimum atomic E-state index is -3.70. The third kappa shape index (κ3) is 3.12. The van der Waals surface area contributed by atoms with Crippen molar-refractivity contribution in [1.82, 2.24) is 9.21 Å². The van der Waals surface area contributed by atoms with E-state index in [-0.39, 0.29) is 35.2 Å². The molecule has 0 aliphatic carbocycles. The quantitative estimate of drug-likeness (QED) is 0.816. The van der Waals surface area contributed by atoms with Crippen LogP contribution in [-0.4, -0.2) is 49.6 Å². The Balaban J connectivity index is 1.82. The van der Waals surface area contributed by atoms with Gasteiger partial charge in [0.15, 0.2) is 0 Å². The molecule has 2 aromatic rings. The summed E-state index contributed by atoms with van der Waals surface area (Å²) in [5.41, 5.74) is 1.95. The van der Waals surface area contributed by atoms with E-state index in [1.54, 1.807) is 16.4 Å². The molecule has 0 bridgehead atoms. The van der Waals surface area contributed by atoms with E-state index in [1.807, 2.05) is 56.4 Å². The predicted molar refractivity (Wildman–Crippen MR) is 104 cm³/mol. The Morgan fingerprint density at radius 2 is 1.67 bits per heavy atom. The van der Waals surface area contributed by atoms with Crippen LogP contribution in [0.25, 0.3) is 0 Å². The monoisotopic (exact) mass is 384 g/mol. The molecule has 2 heterocycles. The van der Waals surface area contributed by atoms with E-state index in [0.717, 1.165) is 11.1 Å². The molecule has 3 atom stereocenters. The fourth-order valence-electron chi connectivity index (χ4n) is 4.37. The van der Waals surface area contributed by atoms with Gasteiger partial charge >= 0.3 is 0 Å². The van der Waals surface area contributed by atoms with Crippen molar-refractivity contribution < 1.29 is 13.2 Å². The van der Waals surface area contributed by atoms with Gasteiger partial charge in [-0.2, -0.15) is 4.31 Å². The van der Waals surface area contributed by atoms with Crippen LogP contribution >= 0.6 is 0 Å². The number of Topliss-reactive ketones (excluding diaryl/α,β-unsaturated/α-hetero) is 1. The van der Waals surface area contributed by atoms with Crippen LogP contribution in [0.5, 0.6) is 0 Å². The summed E-state index contributed by atoms with van der Waals surface area (Å²) in [6.07, 6.45) is 0.484. The molecule has 6 heteroatoms. The van der Waals surface area contributed by atoms with Gasteiger partial charge in [-0.25, -0.2) is 8.42 Å². The molecule has 0 N–H and O–H groups in total. The number of likely N-dealkylation sites (tertiary alicyclic amines) is 1. The molecule has 2 aliphatic rings. The topological polar surface area (TPSA) is 57.7 Å². The number of aryl methyl sites for hydroxylation is 1. The first-order valence-electron chi connectivity index (χ1n) is 9.26. The number of hydrogen-bond acceptors (Lipinski definition) is 4. The van der Waals surface area contributed by atoms with Crippen molar-refractivity contribution in [3.05, 3.63) is 65.7 Å². The molecule has 2 aliphatic heterocycles. The largest absolute Gasteiger partial charge is 0.300 e. The fraction of sp³-hybridized carbons (Fsp3) is 0.381. The molecule has 2 saturated heterocycles. The van der Waals surface area contributed by atoms with Gasteiger partial charge in [0.25, 0.3) is 0 Å². The van der Waals surface area contributed by atoms with Crippen LogP contribution in [0.1, 0.15) is 23.6 Å². The van der Waals surface area contributed by atoms with Crippen LogP contribution in [0.3, 0.4) is 0 Å². The molecule has 0 aromatic heterocycles. The molecule has 0 spiro atoms. The van der Waals surface area contributed by atoms with E-state index in [0.29, 0.717) is 13.0 Å². The van der Waals surface area contributed by atoms with Gasteiger partial charge in [0, 0.05) is 31.5 Å². The zero-order valence-electron chi connectivity index (χ0n) is 15.6. The van der Waals surface area contributed by atoms with Crippen LogP contribution in [0.4, 0.5) is 0 Å². The maximum atomic E-state index is 13.5. The maximum Gasteiger partial charge on any atom is 0.243 e. The summed E-state index contributed by atoms with van der Waals surface area (Å²) in [4.78, 5) is 15.0. The number of likely N-dealkylation sites (N-methyl/N-ethyl adjacent to an activating group) is 1. The first-order valence-corrected chi connectivity index (χ1v) is 10.7. The number of piperidine rings is 1. The smallest absolute Gasteiger partial charge is 0.243 e. The zero-order valence-corrected chi connectivity index (χ0v) is 16.4. The first-order chi connectivity index (χ1) is 12.9. The molecular weight excluding hydrogens is 360 g/mol. The Hall–Kier alpha value is -2.02. The Kier molecular flexibility index (Phi) is 4.66. The highest BCUT2D eigenvalue weighted by atomic mass is 32.2. The van der Waals surface area contributed by atoms with Crippen molar-refractivity contribution in [3.63, 3.8) is 0 Å². The molecule has 0 unspecified atom stereocenters. The third-order valence-corrected chi connectivity index (χ3v) is 7.69. The van der Waals surface area contributed by atoms with Gasteiger partial charge in [0.05, 0.1) is 10.9 Å². The number of rotatable bonds is 3. The highest BCUT2D eigenvalue weighted by Gasteiger charge is 2.53. The summed E-state index contributed by atoms with van der Waals surface area (Å²) in [6, 6.07) is 16.1. The first kappa shape index (κ1) is 18.3. The SMILES string of the molecule is Cc1ccc(S(=O)(=O)N2C[C@H]3C(=O)CCN(C)[C@H]3[C@@H]2c2ccccc2)cc1. The number of ketones is 1. The van der Waals surface area contributed by atoms with E-state index < -0.39 is 10.0 Å². The lowest BCUT2D eigenvalue weighted by atomic mass is 9.86. The minimum Gasteiger partial charge on any atom is -0.300 e. The van der Waals surface area contributed by atoms with E-state index in [1.165, 1.54) is 0 Å². The third-order valence-electron chi connectivity index (χ3n) is 5.82. The molecule has 0 saturated carbocycles. The highest BCUT2D eigenvalue weighted by Crippen LogP contribution is 2.44. The number of benzene rings is 2. The molecule has 142 valence electrons. The van der Waals surface area contributed by atoms with Gasteiger partial charge in [0.1, 0.15) is 5.78 Å². The van der Waals surface area contributed by atoms with Crippen molar-refractivity contribution in [3.8, 4) is 0 Å². The van der Waals surface area contributed by atoms with Crippen LogP contribution in [0.2, 0.25) is 0 Å². The molecular formula is C21H24N2O3S. The molecule has 27 heavy (non-hydrogen) atoms. The summed E-state index contributed by atoms with van der Waals surface area (Å²) in [7, 11) is -1.72. The van der Waals surface area contributed by atoms with Crippen LogP contribution in [0, 0.1) is 12.8 Å². The van der Waals surface area contributed by atoms with Gasteiger partial charge in [-0.05, 0) is 31.7 Å². The molecule has 0 amide bonds. The van der Waals surface area contributed by atoms with Crippen molar-refractivity contribution in [2.75, 3.05) is 20.1 Å². The van der Waals surface area contributed by atoms with Crippen molar-refractivity contribution in [2.45, 2.75) is 30.3 Å². The van der Waals surface area contributed by atoms with Gasteiger partial charge in [-0.3, -0.25) is 4.79 Å². The second-order valence-corrected chi connectivity index (χ2v) is 9.43. The van der Waals surface area contributed by atoms with Gasteiger partial charge in [0.2, 0.25) is 10.0 Å². The Bertz CT molecular complexity index is 941. The van der Waals surface area contributed by atoms with E-state index in [4.69, 9.17) is 0 Å². The average molecular weight is 385 g/mol. The van der Waals surface area contributed by atoms with Crippen LogP contribution in [0.15, 0.2) is 59.5 Å². The Labute approximate surface area is 160 Å². The fourth-order valence-corrected chi connectivity index (χ4v) is 6.03. The normalized spacial score (nSPS) is 26.9. The van der Waals surface area contributed by atoms with Crippen molar-refractivity contribution in [1.29, 1.82) is 0 Å². The van der Waals surface area contributed by atoms with Crippen molar-refractivity contribution in [2.24, 2.45) is 5.92 Å². The van der Waals surface area contributed by atoms with Gasteiger partial charge < -0.3 is 4.90 Å². The van der Waals surface area contributed by atoms with Crippen molar-refractivity contribution >= 4 is 15.8 Å². The Morgan fingerprint density at radius 3 is 2.33 bits per heavy atom. The summed E-state index contributed by atoms with van der Waals surface area (Å²) < 4.78 is 28.5. The second-order valence-electron chi connectivity index (χ2n) is 7.54. The molecule has 2 aromatic carbocycles. The van der Waals surface area contributed by atoms with E-state index in [2.05, 4.69) is 4.90 Å². The number of fused-ring (bicyclic) bond motifs is 1. The summed E-state index contributed by atoms with van der Waals surface area (Å²) in [5.74, 6) is -0.116. The Morgan fingerprint density at radius 1 is 1.00 bits per heavy atom. The number of carbonyl (C=O) groups is 1. The lowest BCUT2D eigenvalue weighted by Gasteiger charge is -2.37. The zero-order chi connectivity index (χ0) is 19.2. The molecule has 4 rings (SSSR count). The second kappa shape index (κ2) is 6.86.